The standard InChI is InChI=1S/C23H33N3O3/c27-21-19-14-10-11-15-20(19)22(28)26(21)17-16-24-23(29)25-18-12-8-6-4-2-1-3-5-7-9-13-18/h10-11,14-15,18H,1-9,12-13,16-17H2,(H2,24,25,29). The highest BCUT2D eigenvalue weighted by Gasteiger charge is 2.34. The van der Waals surface area contributed by atoms with E-state index in [1.54, 1.807) is 24.3 Å². The summed E-state index contributed by atoms with van der Waals surface area (Å²) < 4.78 is 0. The van der Waals surface area contributed by atoms with Gasteiger partial charge in [-0.3, -0.25) is 14.5 Å². The number of carbonyl (C=O) groups is 3. The molecule has 158 valence electrons. The first kappa shape index (κ1) is 21.3. The van der Waals surface area contributed by atoms with Crippen molar-refractivity contribution in [2.24, 2.45) is 0 Å². The van der Waals surface area contributed by atoms with Crippen molar-refractivity contribution < 1.29 is 14.4 Å². The van der Waals surface area contributed by atoms with Crippen LogP contribution in [0.2, 0.25) is 0 Å². The Morgan fingerprint density at radius 1 is 0.828 bits per heavy atom. The third-order valence-electron chi connectivity index (χ3n) is 5.94. The molecule has 1 heterocycles. The monoisotopic (exact) mass is 399 g/mol. The van der Waals surface area contributed by atoms with Gasteiger partial charge in [-0.05, 0) is 25.0 Å². The number of hydrogen-bond donors (Lipinski definition) is 2. The molecular weight excluding hydrogens is 366 g/mol. The lowest BCUT2D eigenvalue weighted by atomic mass is 9.98. The summed E-state index contributed by atoms with van der Waals surface area (Å²) in [6, 6.07) is 6.83. The summed E-state index contributed by atoms with van der Waals surface area (Å²) in [5.74, 6) is -0.570. The highest BCUT2D eigenvalue weighted by molar-refractivity contribution is 6.21. The summed E-state index contributed by atoms with van der Waals surface area (Å²) in [5.41, 5.74) is 0.880. The van der Waals surface area contributed by atoms with Gasteiger partial charge in [0.1, 0.15) is 0 Å². The lowest BCUT2D eigenvalue weighted by Gasteiger charge is -2.20. The third-order valence-corrected chi connectivity index (χ3v) is 5.94. The number of carbonyl (C=O) groups excluding carboxylic acids is 3. The van der Waals surface area contributed by atoms with Crippen LogP contribution in [0, 0.1) is 0 Å². The Bertz CT molecular complexity index is 672. The molecule has 0 unspecified atom stereocenters. The van der Waals surface area contributed by atoms with Crippen molar-refractivity contribution in [1.82, 2.24) is 15.5 Å². The van der Waals surface area contributed by atoms with E-state index in [9.17, 15) is 14.4 Å². The number of hydrogen-bond acceptors (Lipinski definition) is 3. The molecule has 1 aliphatic carbocycles. The molecule has 1 fully saturated rings. The van der Waals surface area contributed by atoms with Crippen molar-refractivity contribution in [1.29, 1.82) is 0 Å². The van der Waals surface area contributed by atoms with E-state index in [0.29, 0.717) is 11.1 Å². The lowest BCUT2D eigenvalue weighted by molar-refractivity contribution is 0.0655. The molecule has 1 aliphatic heterocycles. The smallest absolute Gasteiger partial charge is 0.315 e. The normalized spacial score (nSPS) is 19.2. The van der Waals surface area contributed by atoms with Crippen LogP contribution in [0.15, 0.2) is 24.3 Å². The van der Waals surface area contributed by atoms with E-state index in [-0.39, 0.29) is 37.0 Å². The maximum Gasteiger partial charge on any atom is 0.315 e. The number of nitrogens with one attached hydrogen (secondary N) is 2. The molecule has 0 aromatic heterocycles. The van der Waals surface area contributed by atoms with Crippen molar-refractivity contribution >= 4 is 17.8 Å². The molecule has 4 amide bonds. The molecule has 6 heteroatoms. The minimum Gasteiger partial charge on any atom is -0.336 e. The predicted molar refractivity (Wildman–Crippen MR) is 113 cm³/mol. The molecule has 1 aromatic rings. The molecule has 6 nitrogen and oxygen atoms in total. The van der Waals surface area contributed by atoms with E-state index in [1.165, 1.54) is 49.8 Å². The topological polar surface area (TPSA) is 78.5 Å². The van der Waals surface area contributed by atoms with Gasteiger partial charge in [-0.15, -0.1) is 0 Å². The average Bonchev–Trinajstić information content (AvgIpc) is 2.95. The summed E-state index contributed by atoms with van der Waals surface area (Å²) in [6.45, 7) is 0.439. The Morgan fingerprint density at radius 3 is 1.83 bits per heavy atom. The van der Waals surface area contributed by atoms with E-state index in [1.807, 2.05) is 0 Å². The summed E-state index contributed by atoms with van der Waals surface area (Å²) in [6.07, 6.45) is 13.4. The van der Waals surface area contributed by atoms with E-state index in [2.05, 4.69) is 10.6 Å². The highest BCUT2D eigenvalue weighted by atomic mass is 16.2. The molecule has 0 spiro atoms. The van der Waals surface area contributed by atoms with Gasteiger partial charge < -0.3 is 10.6 Å². The predicted octanol–water partition coefficient (Wildman–Crippen LogP) is 4.26. The van der Waals surface area contributed by atoms with Crippen LogP contribution in [-0.4, -0.2) is 41.9 Å². The molecule has 1 saturated carbocycles. The van der Waals surface area contributed by atoms with Crippen LogP contribution < -0.4 is 10.6 Å². The maximum absolute atomic E-state index is 12.4. The van der Waals surface area contributed by atoms with Gasteiger partial charge in [-0.2, -0.15) is 0 Å². The zero-order valence-electron chi connectivity index (χ0n) is 17.3. The summed E-state index contributed by atoms with van der Waals surface area (Å²) in [5, 5.41) is 5.91. The molecule has 0 radical (unpaired) electrons. The minimum atomic E-state index is -0.285. The minimum absolute atomic E-state index is 0.185. The van der Waals surface area contributed by atoms with Crippen molar-refractivity contribution in [2.45, 2.75) is 76.7 Å². The van der Waals surface area contributed by atoms with Crippen molar-refractivity contribution in [3.05, 3.63) is 35.4 Å². The van der Waals surface area contributed by atoms with Gasteiger partial charge in [0.2, 0.25) is 0 Å². The van der Waals surface area contributed by atoms with Crippen molar-refractivity contribution in [2.75, 3.05) is 13.1 Å². The Hall–Kier alpha value is -2.37. The van der Waals surface area contributed by atoms with Crippen LogP contribution in [0.4, 0.5) is 4.79 Å². The molecule has 0 saturated heterocycles. The fourth-order valence-corrected chi connectivity index (χ4v) is 4.27. The first-order chi connectivity index (χ1) is 14.2. The Morgan fingerprint density at radius 2 is 1.31 bits per heavy atom. The van der Waals surface area contributed by atoms with Gasteiger partial charge in [0, 0.05) is 19.1 Å². The van der Waals surface area contributed by atoms with Crippen LogP contribution in [0.1, 0.15) is 91.3 Å². The second-order valence-corrected chi connectivity index (χ2v) is 8.16. The van der Waals surface area contributed by atoms with Crippen molar-refractivity contribution in [3.63, 3.8) is 0 Å². The fraction of sp³-hybridized carbons (Fsp3) is 0.609. The molecule has 3 rings (SSSR count). The summed E-state index contributed by atoms with van der Waals surface area (Å²) in [4.78, 5) is 38.3. The fourth-order valence-electron chi connectivity index (χ4n) is 4.27. The number of imide groups is 1. The number of fused-ring (bicyclic) bond motifs is 1. The van der Waals surface area contributed by atoms with Gasteiger partial charge in [-0.25, -0.2) is 4.79 Å². The maximum atomic E-state index is 12.4. The Kier molecular flexibility index (Phi) is 8.08. The van der Waals surface area contributed by atoms with E-state index >= 15 is 0 Å². The first-order valence-electron chi connectivity index (χ1n) is 11.2. The van der Waals surface area contributed by atoms with Gasteiger partial charge in [0.05, 0.1) is 11.1 Å². The average molecular weight is 400 g/mol. The van der Waals surface area contributed by atoms with Gasteiger partial charge >= 0.3 is 6.03 Å². The number of benzene rings is 1. The molecule has 1 aromatic carbocycles. The number of rotatable bonds is 4. The van der Waals surface area contributed by atoms with Crippen LogP contribution in [0.3, 0.4) is 0 Å². The Labute approximate surface area is 173 Å². The van der Waals surface area contributed by atoms with Gasteiger partial charge in [0.15, 0.2) is 0 Å². The SMILES string of the molecule is O=C(NCCN1C(=O)c2ccccc2C1=O)NC1CCCCCCCCCCC1. The Balaban J connectivity index is 1.42. The quantitative estimate of drug-likeness (QED) is 0.743. The van der Waals surface area contributed by atoms with E-state index < -0.39 is 0 Å². The molecular formula is C23H33N3O3. The largest absolute Gasteiger partial charge is 0.336 e. The molecule has 0 atom stereocenters. The summed E-state index contributed by atoms with van der Waals surface area (Å²) >= 11 is 0. The second kappa shape index (κ2) is 11.0. The molecule has 29 heavy (non-hydrogen) atoms. The number of nitrogens with zero attached hydrogens (tertiary/aromatic N) is 1. The van der Waals surface area contributed by atoms with Crippen LogP contribution in [0.5, 0.6) is 0 Å². The van der Waals surface area contributed by atoms with Crippen LogP contribution in [-0.2, 0) is 0 Å². The molecule has 2 aliphatic rings. The zero-order valence-corrected chi connectivity index (χ0v) is 17.3. The van der Waals surface area contributed by atoms with Gasteiger partial charge in [0.25, 0.3) is 11.8 Å². The van der Waals surface area contributed by atoms with Crippen LogP contribution in [0.25, 0.3) is 0 Å². The second-order valence-electron chi connectivity index (χ2n) is 8.16. The van der Waals surface area contributed by atoms with Gasteiger partial charge in [-0.1, -0.05) is 69.9 Å². The number of urea groups is 1. The van der Waals surface area contributed by atoms with E-state index in [4.69, 9.17) is 0 Å². The number of amides is 4. The molecule has 2 N–H and O–H groups in total. The zero-order chi connectivity index (χ0) is 20.5. The van der Waals surface area contributed by atoms with Crippen molar-refractivity contribution in [3.8, 4) is 0 Å². The molecule has 0 bridgehead atoms. The third kappa shape index (κ3) is 6.05. The summed E-state index contributed by atoms with van der Waals surface area (Å²) in [7, 11) is 0. The lowest BCUT2D eigenvalue weighted by Crippen LogP contribution is -2.45. The first-order valence-corrected chi connectivity index (χ1v) is 11.2. The van der Waals surface area contributed by atoms with E-state index in [0.717, 1.165) is 25.7 Å². The highest BCUT2D eigenvalue weighted by Crippen LogP contribution is 2.21. The van der Waals surface area contributed by atoms with Crippen LogP contribution >= 0.6 is 0 Å².